The molecule has 1 aliphatic rings. The molecule has 0 amide bonds. The third-order valence-electron chi connectivity index (χ3n) is 6.18. The molecule has 0 unspecified atom stereocenters. The lowest BCUT2D eigenvalue weighted by atomic mass is 10.1. The summed E-state index contributed by atoms with van der Waals surface area (Å²) in [6, 6.07) is 16.3. The van der Waals surface area contributed by atoms with Crippen LogP contribution in [0.3, 0.4) is 0 Å². The maximum atomic E-state index is 5.53. The molecule has 176 valence electrons. The fourth-order valence-electron chi connectivity index (χ4n) is 4.25. The van der Waals surface area contributed by atoms with Crippen molar-refractivity contribution in [1.29, 1.82) is 0 Å². The van der Waals surface area contributed by atoms with Crippen LogP contribution < -0.4 is 10.2 Å². The number of hydrogen-bond acceptors (Lipinski definition) is 8. The van der Waals surface area contributed by atoms with Gasteiger partial charge in [-0.3, -0.25) is 4.68 Å². The standard InChI is InChI=1S/C25H25N9O/c1-32-16-26-31-24(32)17-5-7-20(8-6-17)28-23-14-21(29-25(30-23)34-9-11-35-12-10-34)18-3-4-19-15-27-33(2)22(19)13-18/h3-8,13-16H,9-12H2,1-2H3,(H,28,29,30). The first kappa shape index (κ1) is 21.2. The summed E-state index contributed by atoms with van der Waals surface area (Å²) in [4.78, 5) is 11.9. The Labute approximate surface area is 202 Å². The lowest BCUT2D eigenvalue weighted by molar-refractivity contribution is 0.122. The Balaban J connectivity index is 1.36. The van der Waals surface area contributed by atoms with E-state index in [1.807, 2.05) is 59.9 Å². The highest BCUT2D eigenvalue weighted by atomic mass is 16.5. The normalized spacial score (nSPS) is 13.9. The number of fused-ring (bicyclic) bond motifs is 1. The fraction of sp³-hybridized carbons (Fsp3) is 0.240. The van der Waals surface area contributed by atoms with E-state index in [0.29, 0.717) is 19.2 Å². The van der Waals surface area contributed by atoms with Gasteiger partial charge in [0.2, 0.25) is 5.95 Å². The maximum Gasteiger partial charge on any atom is 0.228 e. The molecule has 5 aromatic rings. The van der Waals surface area contributed by atoms with Crippen LogP contribution in [0, 0.1) is 0 Å². The molecule has 1 fully saturated rings. The van der Waals surface area contributed by atoms with Crippen LogP contribution in [0.1, 0.15) is 0 Å². The number of anilines is 3. The maximum absolute atomic E-state index is 5.53. The number of rotatable bonds is 5. The van der Waals surface area contributed by atoms with Gasteiger partial charge in [-0.2, -0.15) is 10.1 Å². The average Bonchev–Trinajstić information content (AvgIpc) is 3.50. The molecule has 1 saturated heterocycles. The molecule has 10 heteroatoms. The summed E-state index contributed by atoms with van der Waals surface area (Å²) < 4.78 is 9.30. The van der Waals surface area contributed by atoms with Crippen LogP contribution in [0.2, 0.25) is 0 Å². The highest BCUT2D eigenvalue weighted by Crippen LogP contribution is 2.28. The first-order valence-electron chi connectivity index (χ1n) is 11.5. The minimum Gasteiger partial charge on any atom is -0.378 e. The van der Waals surface area contributed by atoms with E-state index in [0.717, 1.165) is 58.1 Å². The second-order valence-corrected chi connectivity index (χ2v) is 8.55. The van der Waals surface area contributed by atoms with Crippen LogP contribution in [0.15, 0.2) is 61.1 Å². The van der Waals surface area contributed by atoms with E-state index in [9.17, 15) is 0 Å². The molecule has 0 radical (unpaired) electrons. The van der Waals surface area contributed by atoms with Crippen LogP contribution in [0.25, 0.3) is 33.5 Å². The lowest BCUT2D eigenvalue weighted by Gasteiger charge is -2.27. The molecule has 2 aromatic carbocycles. The Hall–Kier alpha value is -4.31. The zero-order chi connectivity index (χ0) is 23.8. The largest absolute Gasteiger partial charge is 0.378 e. The lowest BCUT2D eigenvalue weighted by Crippen LogP contribution is -2.37. The molecule has 3 aromatic heterocycles. The molecule has 0 bridgehead atoms. The van der Waals surface area contributed by atoms with Crippen molar-refractivity contribution in [3.63, 3.8) is 0 Å². The fourth-order valence-corrected chi connectivity index (χ4v) is 4.25. The van der Waals surface area contributed by atoms with Gasteiger partial charge in [0, 0.05) is 55.5 Å². The number of nitrogens with one attached hydrogen (secondary N) is 1. The molecule has 0 aliphatic carbocycles. The molecule has 0 saturated carbocycles. The third-order valence-corrected chi connectivity index (χ3v) is 6.18. The van der Waals surface area contributed by atoms with Crippen LogP contribution in [-0.2, 0) is 18.8 Å². The van der Waals surface area contributed by atoms with E-state index < -0.39 is 0 Å². The van der Waals surface area contributed by atoms with Crippen LogP contribution >= 0.6 is 0 Å². The Bertz CT molecular complexity index is 1480. The predicted molar refractivity (Wildman–Crippen MR) is 134 cm³/mol. The highest BCUT2D eigenvalue weighted by molar-refractivity contribution is 5.84. The van der Waals surface area contributed by atoms with E-state index >= 15 is 0 Å². The first-order chi connectivity index (χ1) is 17.1. The molecule has 10 nitrogen and oxygen atoms in total. The van der Waals surface area contributed by atoms with Gasteiger partial charge in [-0.05, 0) is 30.3 Å². The number of aryl methyl sites for hydroxylation is 2. The molecule has 35 heavy (non-hydrogen) atoms. The zero-order valence-corrected chi connectivity index (χ0v) is 19.6. The van der Waals surface area contributed by atoms with Crippen molar-refractivity contribution < 1.29 is 4.74 Å². The highest BCUT2D eigenvalue weighted by Gasteiger charge is 2.17. The summed E-state index contributed by atoms with van der Waals surface area (Å²) in [6.07, 6.45) is 3.57. The zero-order valence-electron chi connectivity index (χ0n) is 19.6. The van der Waals surface area contributed by atoms with Crippen molar-refractivity contribution in [2.24, 2.45) is 14.1 Å². The van der Waals surface area contributed by atoms with Gasteiger partial charge < -0.3 is 19.5 Å². The molecule has 1 aliphatic heterocycles. The topological polar surface area (TPSA) is 98.8 Å². The van der Waals surface area contributed by atoms with Gasteiger partial charge in [0.15, 0.2) is 5.82 Å². The Kier molecular flexibility index (Phi) is 5.34. The van der Waals surface area contributed by atoms with Crippen molar-refractivity contribution in [2.45, 2.75) is 0 Å². The summed E-state index contributed by atoms with van der Waals surface area (Å²) in [5.74, 6) is 2.24. The predicted octanol–water partition coefficient (Wildman–Crippen LogP) is 3.41. The van der Waals surface area contributed by atoms with E-state index in [1.165, 1.54) is 0 Å². The van der Waals surface area contributed by atoms with Gasteiger partial charge in [-0.25, -0.2) is 4.98 Å². The molecule has 6 rings (SSSR count). The van der Waals surface area contributed by atoms with Crippen molar-refractivity contribution in [3.05, 3.63) is 61.1 Å². The van der Waals surface area contributed by atoms with Gasteiger partial charge in [0.05, 0.1) is 30.6 Å². The van der Waals surface area contributed by atoms with E-state index in [1.54, 1.807) is 6.33 Å². The van der Waals surface area contributed by atoms with Crippen molar-refractivity contribution in [2.75, 3.05) is 36.5 Å². The second kappa shape index (κ2) is 8.80. The number of benzene rings is 2. The van der Waals surface area contributed by atoms with Gasteiger partial charge in [0.25, 0.3) is 0 Å². The van der Waals surface area contributed by atoms with Crippen LogP contribution in [0.5, 0.6) is 0 Å². The van der Waals surface area contributed by atoms with Gasteiger partial charge in [-0.1, -0.05) is 12.1 Å². The molecular weight excluding hydrogens is 442 g/mol. The molecule has 4 heterocycles. The SMILES string of the molecule is Cn1cnnc1-c1ccc(Nc2cc(-c3ccc4cnn(C)c4c3)nc(N3CCOCC3)n2)cc1. The van der Waals surface area contributed by atoms with Crippen molar-refractivity contribution in [1.82, 2.24) is 34.5 Å². The van der Waals surface area contributed by atoms with Crippen molar-refractivity contribution in [3.8, 4) is 22.6 Å². The van der Waals surface area contributed by atoms with Gasteiger partial charge in [-0.15, -0.1) is 10.2 Å². The monoisotopic (exact) mass is 467 g/mol. The Morgan fingerprint density at radius 2 is 1.71 bits per heavy atom. The number of hydrogen-bond donors (Lipinski definition) is 1. The average molecular weight is 468 g/mol. The first-order valence-corrected chi connectivity index (χ1v) is 11.5. The van der Waals surface area contributed by atoms with Crippen molar-refractivity contribution >= 4 is 28.4 Å². The second-order valence-electron chi connectivity index (χ2n) is 8.55. The van der Waals surface area contributed by atoms with Gasteiger partial charge in [0.1, 0.15) is 12.1 Å². The quantitative estimate of drug-likeness (QED) is 0.420. The summed E-state index contributed by atoms with van der Waals surface area (Å²) in [7, 11) is 3.88. The van der Waals surface area contributed by atoms with Gasteiger partial charge >= 0.3 is 0 Å². The smallest absolute Gasteiger partial charge is 0.228 e. The number of nitrogens with zero attached hydrogens (tertiary/aromatic N) is 8. The molecule has 0 spiro atoms. The molecular formula is C25H25N9O. The van der Waals surface area contributed by atoms with E-state index in [-0.39, 0.29) is 0 Å². The minimum atomic E-state index is 0.667. The number of morpholine rings is 1. The summed E-state index contributed by atoms with van der Waals surface area (Å²) >= 11 is 0. The molecule has 1 N–H and O–H groups in total. The Morgan fingerprint density at radius 1 is 0.914 bits per heavy atom. The van der Waals surface area contributed by atoms with Crippen LogP contribution in [-0.4, -0.2) is 60.8 Å². The Morgan fingerprint density at radius 3 is 2.49 bits per heavy atom. The van der Waals surface area contributed by atoms with Crippen LogP contribution in [0.4, 0.5) is 17.5 Å². The third kappa shape index (κ3) is 4.19. The number of ether oxygens (including phenoxy) is 1. The summed E-state index contributed by atoms with van der Waals surface area (Å²) in [6.45, 7) is 2.85. The summed E-state index contributed by atoms with van der Waals surface area (Å²) in [5.41, 5.74) is 4.84. The summed E-state index contributed by atoms with van der Waals surface area (Å²) in [5, 5.41) is 17.1. The minimum absolute atomic E-state index is 0.667. The van der Waals surface area contributed by atoms with E-state index in [2.05, 4.69) is 43.7 Å². The number of aromatic nitrogens is 7. The van der Waals surface area contributed by atoms with E-state index in [4.69, 9.17) is 14.7 Å². The molecule has 0 atom stereocenters.